The molecule has 2 heterocycles. The Kier molecular flexibility index (Phi) is 6.86. The average Bonchev–Trinajstić information content (AvgIpc) is 3.08. The van der Waals surface area contributed by atoms with Crippen molar-refractivity contribution in [2.45, 2.75) is 52.1 Å². The highest BCUT2D eigenvalue weighted by molar-refractivity contribution is 6.01. The maximum absolute atomic E-state index is 14.2. The van der Waals surface area contributed by atoms with Crippen molar-refractivity contribution in [1.82, 2.24) is 5.32 Å². The number of piperidine rings is 1. The fourth-order valence-electron chi connectivity index (χ4n) is 4.26. The molecule has 0 unspecified atom stereocenters. The lowest BCUT2D eigenvalue weighted by Crippen LogP contribution is -2.39. The summed E-state index contributed by atoms with van der Waals surface area (Å²) in [4.78, 5) is 39.1. The monoisotopic (exact) mass is 434 g/mol. The molecule has 0 bridgehead atoms. The van der Waals surface area contributed by atoms with Gasteiger partial charge in [-0.2, -0.15) is 0 Å². The minimum atomic E-state index is -0.955. The van der Waals surface area contributed by atoms with Crippen LogP contribution in [0.3, 0.4) is 0 Å². The topological polar surface area (TPSA) is 84.9 Å². The predicted molar refractivity (Wildman–Crippen MR) is 113 cm³/mol. The third-order valence-corrected chi connectivity index (χ3v) is 5.69. The summed E-state index contributed by atoms with van der Waals surface area (Å²) in [7, 11) is 0. The van der Waals surface area contributed by atoms with Crippen molar-refractivity contribution < 1.29 is 28.2 Å². The van der Waals surface area contributed by atoms with Gasteiger partial charge in [0.05, 0.1) is 12.5 Å². The molecule has 7 nitrogen and oxygen atoms in total. The Balaban J connectivity index is 1.79. The lowest BCUT2D eigenvalue weighted by atomic mass is 9.86. The number of benzene rings is 1. The predicted octanol–water partition coefficient (Wildman–Crippen LogP) is 2.78. The number of esters is 2. The quantitative estimate of drug-likeness (QED) is 0.567. The van der Waals surface area contributed by atoms with E-state index in [9.17, 15) is 18.8 Å². The van der Waals surface area contributed by atoms with Gasteiger partial charge in [-0.05, 0) is 58.2 Å². The molecule has 2 aliphatic rings. The van der Waals surface area contributed by atoms with Crippen LogP contribution in [0.5, 0.6) is 0 Å². The van der Waals surface area contributed by atoms with Crippen molar-refractivity contribution in [3.05, 3.63) is 29.6 Å². The molecule has 1 amide bonds. The first-order chi connectivity index (χ1) is 14.6. The number of rotatable bonds is 5. The largest absolute Gasteiger partial charge is 0.465 e. The molecule has 2 saturated heterocycles. The van der Waals surface area contributed by atoms with Gasteiger partial charge in [0.1, 0.15) is 17.3 Å². The molecule has 0 radical (unpaired) electrons. The van der Waals surface area contributed by atoms with E-state index in [0.717, 1.165) is 5.56 Å². The Bertz CT molecular complexity index is 843. The van der Waals surface area contributed by atoms with Crippen LogP contribution < -0.4 is 10.2 Å². The van der Waals surface area contributed by atoms with Crippen molar-refractivity contribution in [2.24, 2.45) is 11.8 Å². The van der Waals surface area contributed by atoms with Crippen LogP contribution in [0.25, 0.3) is 0 Å². The van der Waals surface area contributed by atoms with E-state index in [0.29, 0.717) is 31.6 Å². The van der Waals surface area contributed by atoms with E-state index in [-0.39, 0.29) is 30.9 Å². The summed E-state index contributed by atoms with van der Waals surface area (Å²) in [5, 5.41) is 2.73. The minimum absolute atomic E-state index is 0.184. The van der Waals surface area contributed by atoms with Gasteiger partial charge < -0.3 is 19.7 Å². The second-order valence-electron chi connectivity index (χ2n) is 9.08. The Morgan fingerprint density at radius 3 is 2.48 bits per heavy atom. The van der Waals surface area contributed by atoms with Gasteiger partial charge in [0, 0.05) is 31.2 Å². The summed E-state index contributed by atoms with van der Waals surface area (Å²) in [6.45, 7) is 8.80. The summed E-state index contributed by atoms with van der Waals surface area (Å²) >= 11 is 0. The van der Waals surface area contributed by atoms with Crippen molar-refractivity contribution in [1.29, 1.82) is 0 Å². The van der Waals surface area contributed by atoms with Gasteiger partial charge in [-0.1, -0.05) is 6.07 Å². The fraction of sp³-hybridized carbons (Fsp3) is 0.609. The van der Waals surface area contributed by atoms with Crippen LogP contribution in [0.1, 0.15) is 52.0 Å². The standard InChI is InChI=1S/C23H31FN2O5/c1-5-30-22(29)19-17(13-25-20(19)27)16-7-6-15(24)12-18(16)26-10-8-14(9-11-26)21(28)31-23(2,3)4/h6-7,12,14,17,19H,5,8-11,13H2,1-4H3,(H,25,27)/t17-,19-/m1/s1. The Labute approximate surface area is 182 Å². The Morgan fingerprint density at radius 2 is 1.87 bits per heavy atom. The molecule has 31 heavy (non-hydrogen) atoms. The molecule has 1 N–H and O–H groups in total. The molecule has 0 spiro atoms. The smallest absolute Gasteiger partial charge is 0.319 e. The van der Waals surface area contributed by atoms with E-state index in [1.54, 1.807) is 13.0 Å². The lowest BCUT2D eigenvalue weighted by molar-refractivity contribution is -0.160. The SMILES string of the molecule is CCOC(=O)[C@H]1C(=O)NC[C@@H]1c1ccc(F)cc1N1CCC(C(=O)OC(C)(C)C)CC1. The normalized spacial score (nSPS) is 22.2. The molecule has 8 heteroatoms. The van der Waals surface area contributed by atoms with Gasteiger partial charge in [-0.25, -0.2) is 4.39 Å². The molecule has 1 aromatic rings. The van der Waals surface area contributed by atoms with Gasteiger partial charge >= 0.3 is 11.9 Å². The minimum Gasteiger partial charge on any atom is -0.465 e. The first-order valence-electron chi connectivity index (χ1n) is 10.8. The fourth-order valence-corrected chi connectivity index (χ4v) is 4.26. The highest BCUT2D eigenvalue weighted by Gasteiger charge is 2.43. The van der Waals surface area contributed by atoms with Crippen LogP contribution in [0.4, 0.5) is 10.1 Å². The molecule has 0 saturated carbocycles. The van der Waals surface area contributed by atoms with Crippen molar-refractivity contribution in [2.75, 3.05) is 31.1 Å². The third kappa shape index (κ3) is 5.35. The molecule has 3 rings (SSSR count). The van der Waals surface area contributed by atoms with Gasteiger partial charge in [-0.3, -0.25) is 14.4 Å². The first kappa shape index (κ1) is 23.0. The summed E-state index contributed by atoms with van der Waals surface area (Å²) < 4.78 is 24.8. The number of ether oxygens (including phenoxy) is 2. The molecule has 0 aromatic heterocycles. The van der Waals surface area contributed by atoms with Crippen LogP contribution in [-0.4, -0.2) is 49.7 Å². The number of anilines is 1. The van der Waals surface area contributed by atoms with E-state index in [2.05, 4.69) is 5.32 Å². The van der Waals surface area contributed by atoms with E-state index >= 15 is 0 Å². The molecule has 2 atom stereocenters. The van der Waals surface area contributed by atoms with Crippen LogP contribution in [-0.2, 0) is 23.9 Å². The number of nitrogens with zero attached hydrogens (tertiary/aromatic N) is 1. The van der Waals surface area contributed by atoms with Crippen LogP contribution in [0, 0.1) is 17.7 Å². The molecule has 1 aromatic carbocycles. The summed E-state index contributed by atoms with van der Waals surface area (Å²) in [5.41, 5.74) is 0.848. The second kappa shape index (κ2) is 9.24. The molecular weight excluding hydrogens is 403 g/mol. The maximum Gasteiger partial charge on any atom is 0.319 e. The van der Waals surface area contributed by atoms with E-state index in [1.165, 1.54) is 12.1 Å². The molecular formula is C23H31FN2O5. The van der Waals surface area contributed by atoms with Gasteiger partial charge in [0.15, 0.2) is 0 Å². The van der Waals surface area contributed by atoms with Crippen molar-refractivity contribution >= 4 is 23.5 Å². The highest BCUT2D eigenvalue weighted by Crippen LogP contribution is 2.38. The highest BCUT2D eigenvalue weighted by atomic mass is 19.1. The van der Waals surface area contributed by atoms with Gasteiger partial charge in [0.2, 0.25) is 5.91 Å². The maximum atomic E-state index is 14.2. The zero-order valence-corrected chi connectivity index (χ0v) is 18.6. The Morgan fingerprint density at radius 1 is 1.19 bits per heavy atom. The number of amides is 1. The molecule has 170 valence electrons. The summed E-state index contributed by atoms with van der Waals surface area (Å²) in [6, 6.07) is 4.42. The number of carbonyl (C=O) groups excluding carboxylic acids is 3. The van der Waals surface area contributed by atoms with Crippen LogP contribution in [0.2, 0.25) is 0 Å². The second-order valence-corrected chi connectivity index (χ2v) is 9.08. The average molecular weight is 435 g/mol. The Hall–Kier alpha value is -2.64. The zero-order chi connectivity index (χ0) is 22.8. The van der Waals surface area contributed by atoms with E-state index in [1.807, 2.05) is 25.7 Å². The number of hydrogen-bond donors (Lipinski definition) is 1. The summed E-state index contributed by atoms with van der Waals surface area (Å²) in [5.74, 6) is -3.13. The molecule has 0 aliphatic carbocycles. The third-order valence-electron chi connectivity index (χ3n) is 5.69. The van der Waals surface area contributed by atoms with E-state index in [4.69, 9.17) is 9.47 Å². The molecule has 2 aliphatic heterocycles. The molecule has 2 fully saturated rings. The number of halogens is 1. The summed E-state index contributed by atoms with van der Waals surface area (Å²) in [6.07, 6.45) is 1.18. The number of carbonyl (C=O) groups is 3. The van der Waals surface area contributed by atoms with Crippen LogP contribution >= 0.6 is 0 Å². The number of hydrogen-bond acceptors (Lipinski definition) is 6. The van der Waals surface area contributed by atoms with Gasteiger partial charge in [-0.15, -0.1) is 0 Å². The lowest BCUT2D eigenvalue weighted by Gasteiger charge is -2.35. The number of nitrogens with one attached hydrogen (secondary N) is 1. The first-order valence-corrected chi connectivity index (χ1v) is 10.8. The van der Waals surface area contributed by atoms with Crippen molar-refractivity contribution in [3.63, 3.8) is 0 Å². The van der Waals surface area contributed by atoms with Crippen LogP contribution in [0.15, 0.2) is 18.2 Å². The zero-order valence-electron chi connectivity index (χ0n) is 18.6. The van der Waals surface area contributed by atoms with E-state index < -0.39 is 29.2 Å². The van der Waals surface area contributed by atoms with Crippen molar-refractivity contribution in [3.8, 4) is 0 Å². The van der Waals surface area contributed by atoms with Gasteiger partial charge in [0.25, 0.3) is 0 Å².